The van der Waals surface area contributed by atoms with Crippen LogP contribution in [0.3, 0.4) is 0 Å². The number of carbonyl (C=O) groups is 1. The fourth-order valence-electron chi connectivity index (χ4n) is 2.68. The number of unbranched alkanes of at least 4 members (excludes halogenated alkanes) is 1. The van der Waals surface area contributed by atoms with Crippen LogP contribution < -0.4 is 0 Å². The van der Waals surface area contributed by atoms with Crippen molar-refractivity contribution < 1.29 is 9.90 Å². The molecule has 1 N–H and O–H groups in total. The van der Waals surface area contributed by atoms with Crippen LogP contribution in [0, 0.1) is 0 Å². The number of carboxylic acids is 1. The van der Waals surface area contributed by atoms with Crippen LogP contribution >= 0.6 is 0 Å². The summed E-state index contributed by atoms with van der Waals surface area (Å²) < 4.78 is 0. The van der Waals surface area contributed by atoms with Gasteiger partial charge in [-0.1, -0.05) is 44.2 Å². The zero-order chi connectivity index (χ0) is 14.8. The third kappa shape index (κ3) is 5.74. The van der Waals surface area contributed by atoms with E-state index in [1.807, 2.05) is 6.07 Å². The van der Waals surface area contributed by atoms with Crippen molar-refractivity contribution in [3.8, 4) is 0 Å². The molecule has 1 aromatic carbocycles. The molecule has 3 heteroatoms. The molecule has 0 spiro atoms. The molecule has 3 nitrogen and oxygen atoms in total. The second-order valence-electron chi connectivity index (χ2n) is 5.22. The summed E-state index contributed by atoms with van der Waals surface area (Å²) in [5.74, 6) is -0.692. The second-order valence-corrected chi connectivity index (χ2v) is 5.22. The van der Waals surface area contributed by atoms with Gasteiger partial charge in [-0.25, -0.2) is 0 Å². The number of benzene rings is 1. The average Bonchev–Trinajstić information content (AvgIpc) is 2.45. The maximum absolute atomic E-state index is 10.6. The zero-order valence-electron chi connectivity index (χ0n) is 12.7. The fourth-order valence-corrected chi connectivity index (χ4v) is 2.68. The minimum absolute atomic E-state index is 0.280. The van der Waals surface area contributed by atoms with Gasteiger partial charge in [-0.05, 0) is 44.3 Å². The Kier molecular flexibility index (Phi) is 7.97. The summed E-state index contributed by atoms with van der Waals surface area (Å²) in [5.41, 5.74) is 1.36. The number of hydrogen-bond donors (Lipinski definition) is 1. The van der Waals surface area contributed by atoms with Gasteiger partial charge < -0.3 is 5.11 Å². The van der Waals surface area contributed by atoms with Gasteiger partial charge in [0.25, 0.3) is 0 Å². The van der Waals surface area contributed by atoms with Crippen molar-refractivity contribution in [1.29, 1.82) is 0 Å². The summed E-state index contributed by atoms with van der Waals surface area (Å²) in [6.45, 7) is 6.47. The van der Waals surface area contributed by atoms with E-state index in [9.17, 15) is 4.79 Å². The van der Waals surface area contributed by atoms with Gasteiger partial charge in [-0.15, -0.1) is 0 Å². The van der Waals surface area contributed by atoms with Crippen molar-refractivity contribution in [2.24, 2.45) is 0 Å². The van der Waals surface area contributed by atoms with Crippen LogP contribution in [0.1, 0.15) is 57.6 Å². The normalized spacial score (nSPS) is 12.6. The van der Waals surface area contributed by atoms with Crippen LogP contribution in [0.4, 0.5) is 0 Å². The highest BCUT2D eigenvalue weighted by Crippen LogP contribution is 2.24. The molecule has 0 saturated heterocycles. The molecule has 112 valence electrons. The highest BCUT2D eigenvalue weighted by atomic mass is 16.4. The molecule has 0 heterocycles. The summed E-state index contributed by atoms with van der Waals surface area (Å²) >= 11 is 0. The fraction of sp³-hybridized carbons (Fsp3) is 0.588. The van der Waals surface area contributed by atoms with Crippen molar-refractivity contribution in [2.75, 3.05) is 13.1 Å². The highest BCUT2D eigenvalue weighted by Gasteiger charge is 2.17. The third-order valence-corrected chi connectivity index (χ3v) is 3.61. The molecule has 0 saturated carbocycles. The van der Waals surface area contributed by atoms with Gasteiger partial charge in [0.1, 0.15) is 0 Å². The van der Waals surface area contributed by atoms with Gasteiger partial charge in [0.2, 0.25) is 0 Å². The molecule has 1 unspecified atom stereocenters. The monoisotopic (exact) mass is 277 g/mol. The molecule has 0 bridgehead atoms. The van der Waals surface area contributed by atoms with E-state index >= 15 is 0 Å². The van der Waals surface area contributed by atoms with Crippen LogP contribution in [0.15, 0.2) is 30.3 Å². The number of rotatable bonds is 10. The SMILES string of the molecule is CCCN(CCCCC(=O)O)C(CC)c1ccccc1. The van der Waals surface area contributed by atoms with Crippen LogP contribution in [0.2, 0.25) is 0 Å². The summed E-state index contributed by atoms with van der Waals surface area (Å²) in [6.07, 6.45) is 4.21. The van der Waals surface area contributed by atoms with E-state index in [0.717, 1.165) is 38.8 Å². The molecule has 1 atom stereocenters. The molecule has 0 radical (unpaired) electrons. The molecule has 1 aromatic rings. The van der Waals surface area contributed by atoms with Gasteiger partial charge in [0.15, 0.2) is 0 Å². The van der Waals surface area contributed by atoms with Crippen molar-refractivity contribution >= 4 is 5.97 Å². The minimum Gasteiger partial charge on any atom is -0.481 e. The van der Waals surface area contributed by atoms with Crippen molar-refractivity contribution in [2.45, 2.75) is 52.0 Å². The Hall–Kier alpha value is -1.35. The largest absolute Gasteiger partial charge is 0.481 e. The summed E-state index contributed by atoms with van der Waals surface area (Å²) in [5, 5.41) is 8.70. The van der Waals surface area contributed by atoms with Crippen LogP contribution in [0.25, 0.3) is 0 Å². The lowest BCUT2D eigenvalue weighted by molar-refractivity contribution is -0.137. The molecule has 0 aromatic heterocycles. The number of nitrogens with zero attached hydrogens (tertiary/aromatic N) is 1. The predicted octanol–water partition coefficient (Wildman–Crippen LogP) is 4.10. The molecule has 20 heavy (non-hydrogen) atoms. The van der Waals surface area contributed by atoms with E-state index in [1.54, 1.807) is 0 Å². The molecular weight excluding hydrogens is 250 g/mol. The lowest BCUT2D eigenvalue weighted by Crippen LogP contribution is -2.30. The number of carboxylic acid groups (broad SMARTS) is 1. The first kappa shape index (κ1) is 16.7. The van der Waals surface area contributed by atoms with Crippen molar-refractivity contribution in [1.82, 2.24) is 4.90 Å². The lowest BCUT2D eigenvalue weighted by Gasteiger charge is -2.31. The molecule has 0 aliphatic heterocycles. The van der Waals surface area contributed by atoms with Gasteiger partial charge in [0, 0.05) is 12.5 Å². The number of aliphatic carboxylic acids is 1. The first-order valence-corrected chi connectivity index (χ1v) is 7.69. The van der Waals surface area contributed by atoms with Gasteiger partial charge >= 0.3 is 5.97 Å². The Balaban J connectivity index is 2.60. The standard InChI is InChI=1S/C17H27NO2/c1-3-13-18(14-9-8-12-17(19)20)16(4-2)15-10-6-5-7-11-15/h5-7,10-11,16H,3-4,8-9,12-14H2,1-2H3,(H,19,20). The number of hydrogen-bond acceptors (Lipinski definition) is 2. The van der Waals surface area contributed by atoms with Gasteiger partial charge in [-0.2, -0.15) is 0 Å². The Morgan fingerprint density at radius 1 is 1.15 bits per heavy atom. The molecule has 1 rings (SSSR count). The average molecular weight is 277 g/mol. The van der Waals surface area contributed by atoms with E-state index in [1.165, 1.54) is 5.56 Å². The zero-order valence-corrected chi connectivity index (χ0v) is 12.7. The lowest BCUT2D eigenvalue weighted by atomic mass is 10.0. The van der Waals surface area contributed by atoms with Gasteiger partial charge in [-0.3, -0.25) is 9.69 Å². The first-order valence-electron chi connectivity index (χ1n) is 7.69. The predicted molar refractivity (Wildman–Crippen MR) is 82.8 cm³/mol. The molecule has 0 aliphatic carbocycles. The maximum Gasteiger partial charge on any atom is 0.303 e. The van der Waals surface area contributed by atoms with E-state index in [0.29, 0.717) is 6.04 Å². The van der Waals surface area contributed by atoms with Crippen LogP contribution in [-0.2, 0) is 4.79 Å². The Morgan fingerprint density at radius 3 is 2.40 bits per heavy atom. The van der Waals surface area contributed by atoms with E-state index < -0.39 is 5.97 Å². The second kappa shape index (κ2) is 9.54. The van der Waals surface area contributed by atoms with Crippen molar-refractivity contribution in [3.63, 3.8) is 0 Å². The first-order chi connectivity index (χ1) is 9.69. The summed E-state index contributed by atoms with van der Waals surface area (Å²) in [6, 6.07) is 11.1. The van der Waals surface area contributed by atoms with Crippen LogP contribution in [0.5, 0.6) is 0 Å². The minimum atomic E-state index is -0.692. The molecule has 0 amide bonds. The molecular formula is C17H27NO2. The van der Waals surface area contributed by atoms with Crippen LogP contribution in [-0.4, -0.2) is 29.1 Å². The maximum atomic E-state index is 10.6. The van der Waals surface area contributed by atoms with E-state index in [2.05, 4.69) is 43.0 Å². The quantitative estimate of drug-likeness (QED) is 0.654. The van der Waals surface area contributed by atoms with Gasteiger partial charge in [0.05, 0.1) is 0 Å². The Labute approximate surface area is 122 Å². The smallest absolute Gasteiger partial charge is 0.303 e. The highest BCUT2D eigenvalue weighted by molar-refractivity contribution is 5.66. The van der Waals surface area contributed by atoms with Crippen molar-refractivity contribution in [3.05, 3.63) is 35.9 Å². The topological polar surface area (TPSA) is 40.5 Å². The van der Waals surface area contributed by atoms with E-state index in [-0.39, 0.29) is 6.42 Å². The molecule has 0 fully saturated rings. The molecule has 0 aliphatic rings. The third-order valence-electron chi connectivity index (χ3n) is 3.61. The Morgan fingerprint density at radius 2 is 1.85 bits per heavy atom. The Bertz CT molecular complexity index is 378. The van der Waals surface area contributed by atoms with E-state index in [4.69, 9.17) is 5.11 Å². The summed E-state index contributed by atoms with van der Waals surface area (Å²) in [4.78, 5) is 13.1. The summed E-state index contributed by atoms with van der Waals surface area (Å²) in [7, 11) is 0.